The van der Waals surface area contributed by atoms with Gasteiger partial charge in [0.2, 0.25) is 0 Å². The van der Waals surface area contributed by atoms with Crippen molar-refractivity contribution >= 4 is 15.9 Å². The van der Waals surface area contributed by atoms with E-state index in [1.54, 1.807) is 0 Å². The second-order valence-corrected chi connectivity index (χ2v) is 7.24. The molecule has 1 atom stereocenters. The number of nitrogens with zero attached hydrogens (tertiary/aromatic N) is 3. The largest absolute Gasteiger partial charge is 0.178 e. The van der Waals surface area contributed by atoms with Crippen LogP contribution in [0.3, 0.4) is 0 Å². The Morgan fingerprint density at radius 1 is 0.905 bits per heavy atom. The highest BCUT2D eigenvalue weighted by molar-refractivity contribution is 9.10. The zero-order chi connectivity index (χ0) is 15.7. The molecule has 1 rings (SSSR count). The van der Waals surface area contributed by atoms with E-state index in [-0.39, 0.29) is 5.54 Å². The van der Waals surface area contributed by atoms with Crippen LogP contribution in [0.1, 0.15) is 90.7 Å². The molecule has 1 heterocycles. The first-order valence-corrected chi connectivity index (χ1v) is 9.42. The summed E-state index contributed by atoms with van der Waals surface area (Å²) >= 11 is 3.50. The van der Waals surface area contributed by atoms with E-state index in [1.165, 1.54) is 64.2 Å². The normalized spacial score (nSPS) is 14.3. The van der Waals surface area contributed by atoms with Crippen LogP contribution in [0.5, 0.6) is 0 Å². The summed E-state index contributed by atoms with van der Waals surface area (Å²) in [7, 11) is 0. The van der Waals surface area contributed by atoms with E-state index in [0.29, 0.717) is 0 Å². The van der Waals surface area contributed by atoms with Gasteiger partial charge in [0.15, 0.2) is 4.60 Å². The molecule has 1 aromatic rings. The van der Waals surface area contributed by atoms with Gasteiger partial charge in [-0.15, -0.1) is 5.10 Å². The second-order valence-electron chi connectivity index (χ2n) is 6.48. The molecule has 0 bridgehead atoms. The van der Waals surface area contributed by atoms with Gasteiger partial charge < -0.3 is 0 Å². The predicted molar refractivity (Wildman–Crippen MR) is 93.6 cm³/mol. The van der Waals surface area contributed by atoms with Gasteiger partial charge in [0.05, 0.1) is 11.2 Å². The van der Waals surface area contributed by atoms with Gasteiger partial charge in [-0.2, -0.15) is 9.90 Å². The van der Waals surface area contributed by atoms with Crippen LogP contribution in [-0.2, 0) is 5.54 Å². The summed E-state index contributed by atoms with van der Waals surface area (Å²) in [4.78, 5) is 1.97. The van der Waals surface area contributed by atoms with Crippen molar-refractivity contribution < 1.29 is 0 Å². The Labute approximate surface area is 139 Å². The van der Waals surface area contributed by atoms with E-state index in [1.807, 2.05) is 11.7 Å². The average molecular weight is 358 g/mol. The molecule has 0 aliphatic carbocycles. The zero-order valence-electron chi connectivity index (χ0n) is 14.3. The maximum Gasteiger partial charge on any atom is 0.151 e. The molecule has 0 radical (unpaired) electrons. The third kappa shape index (κ3) is 6.09. The maximum atomic E-state index is 4.63. The first kappa shape index (κ1) is 18.7. The third-order valence-corrected chi connectivity index (χ3v) is 5.08. The van der Waals surface area contributed by atoms with Crippen molar-refractivity contribution in [3.05, 3.63) is 10.3 Å². The molecule has 21 heavy (non-hydrogen) atoms. The number of aromatic nitrogens is 3. The molecule has 0 aliphatic rings. The van der Waals surface area contributed by atoms with Gasteiger partial charge in [-0.25, -0.2) is 0 Å². The zero-order valence-corrected chi connectivity index (χ0v) is 15.9. The van der Waals surface area contributed by atoms with Crippen molar-refractivity contribution in [2.24, 2.45) is 0 Å². The van der Waals surface area contributed by atoms with Crippen molar-refractivity contribution in [1.82, 2.24) is 15.0 Å². The standard InChI is InChI=1S/C17H32BrN3/c1-5-7-9-10-12-14-17(4,13-11-8-6-2)21-19-15(3)16(18)20-21/h5-14H2,1-4H3. The monoisotopic (exact) mass is 357 g/mol. The van der Waals surface area contributed by atoms with E-state index in [2.05, 4.69) is 46.9 Å². The van der Waals surface area contributed by atoms with Crippen molar-refractivity contribution in [3.8, 4) is 0 Å². The Kier molecular flexibility index (Phi) is 8.53. The second kappa shape index (κ2) is 9.60. The lowest BCUT2D eigenvalue weighted by atomic mass is 9.89. The van der Waals surface area contributed by atoms with Gasteiger partial charge in [0.25, 0.3) is 0 Å². The van der Waals surface area contributed by atoms with Crippen molar-refractivity contribution in [3.63, 3.8) is 0 Å². The van der Waals surface area contributed by atoms with Crippen LogP contribution in [0, 0.1) is 6.92 Å². The van der Waals surface area contributed by atoms with E-state index < -0.39 is 0 Å². The molecule has 1 unspecified atom stereocenters. The topological polar surface area (TPSA) is 30.7 Å². The number of aryl methyl sites for hydroxylation is 1. The van der Waals surface area contributed by atoms with E-state index in [4.69, 9.17) is 0 Å². The highest BCUT2D eigenvalue weighted by atomic mass is 79.9. The molecule has 122 valence electrons. The van der Waals surface area contributed by atoms with Gasteiger partial charge in [0, 0.05) is 0 Å². The minimum atomic E-state index is 0.0676. The van der Waals surface area contributed by atoms with Gasteiger partial charge in [0.1, 0.15) is 0 Å². The van der Waals surface area contributed by atoms with E-state index in [0.717, 1.165) is 10.3 Å². The minimum absolute atomic E-state index is 0.0676. The fourth-order valence-electron chi connectivity index (χ4n) is 2.79. The molecule has 0 saturated carbocycles. The van der Waals surface area contributed by atoms with Crippen molar-refractivity contribution in [2.45, 2.75) is 97.4 Å². The molecule has 0 aromatic carbocycles. The number of halogens is 1. The van der Waals surface area contributed by atoms with Gasteiger partial charge in [-0.05, 0) is 42.6 Å². The fourth-order valence-corrected chi connectivity index (χ4v) is 3.02. The Balaban J connectivity index is 2.65. The molecule has 0 saturated heterocycles. The Bertz CT molecular complexity index is 383. The summed E-state index contributed by atoms with van der Waals surface area (Å²) in [6.07, 6.45) is 12.8. The number of unbranched alkanes of at least 4 members (excludes halogenated alkanes) is 6. The van der Waals surface area contributed by atoms with Crippen LogP contribution in [0.25, 0.3) is 0 Å². The molecule has 0 spiro atoms. The Hall–Kier alpha value is -0.380. The van der Waals surface area contributed by atoms with E-state index in [9.17, 15) is 0 Å². The fraction of sp³-hybridized carbons (Fsp3) is 0.882. The summed E-state index contributed by atoms with van der Waals surface area (Å²) in [6, 6.07) is 0. The number of rotatable bonds is 11. The third-order valence-electron chi connectivity index (χ3n) is 4.35. The highest BCUT2D eigenvalue weighted by Crippen LogP contribution is 2.30. The number of hydrogen-bond donors (Lipinski definition) is 0. The molecule has 3 nitrogen and oxygen atoms in total. The molecular weight excluding hydrogens is 326 g/mol. The van der Waals surface area contributed by atoms with Crippen LogP contribution in [0.2, 0.25) is 0 Å². The molecule has 0 fully saturated rings. The minimum Gasteiger partial charge on any atom is -0.178 e. The Morgan fingerprint density at radius 2 is 1.43 bits per heavy atom. The molecule has 0 N–H and O–H groups in total. The lowest BCUT2D eigenvalue weighted by molar-refractivity contribution is 0.200. The van der Waals surface area contributed by atoms with Crippen LogP contribution in [0.4, 0.5) is 0 Å². The maximum absolute atomic E-state index is 4.63. The molecular formula is C17H32BrN3. The summed E-state index contributed by atoms with van der Waals surface area (Å²) < 4.78 is 0.884. The molecule has 4 heteroatoms. The van der Waals surface area contributed by atoms with Crippen molar-refractivity contribution in [1.29, 1.82) is 0 Å². The first-order valence-electron chi connectivity index (χ1n) is 8.63. The van der Waals surface area contributed by atoms with E-state index >= 15 is 0 Å². The summed E-state index contributed by atoms with van der Waals surface area (Å²) in [5.74, 6) is 0. The lowest BCUT2D eigenvalue weighted by Gasteiger charge is -2.29. The lowest BCUT2D eigenvalue weighted by Crippen LogP contribution is -2.32. The first-order chi connectivity index (χ1) is 10.0. The van der Waals surface area contributed by atoms with Crippen LogP contribution in [-0.4, -0.2) is 15.0 Å². The SMILES string of the molecule is CCCCCCCC(C)(CCCCC)n1nc(C)c(Br)n1. The van der Waals surface area contributed by atoms with Gasteiger partial charge >= 0.3 is 0 Å². The smallest absolute Gasteiger partial charge is 0.151 e. The van der Waals surface area contributed by atoms with Crippen molar-refractivity contribution in [2.75, 3.05) is 0 Å². The Morgan fingerprint density at radius 3 is 1.95 bits per heavy atom. The predicted octanol–water partition coefficient (Wildman–Crippen LogP) is 6.01. The van der Waals surface area contributed by atoms with Crippen LogP contribution < -0.4 is 0 Å². The van der Waals surface area contributed by atoms with Crippen LogP contribution >= 0.6 is 15.9 Å². The van der Waals surface area contributed by atoms with Gasteiger partial charge in [-0.1, -0.05) is 65.2 Å². The molecule has 0 aliphatic heterocycles. The van der Waals surface area contributed by atoms with Crippen LogP contribution in [0.15, 0.2) is 4.60 Å². The summed E-state index contributed by atoms with van der Waals surface area (Å²) in [5, 5.41) is 9.23. The van der Waals surface area contributed by atoms with Gasteiger partial charge in [-0.3, -0.25) is 0 Å². The number of hydrogen-bond acceptors (Lipinski definition) is 2. The average Bonchev–Trinajstić information content (AvgIpc) is 2.79. The molecule has 1 aromatic heterocycles. The summed E-state index contributed by atoms with van der Waals surface area (Å²) in [5.41, 5.74) is 1.06. The molecule has 0 amide bonds. The quantitative estimate of drug-likeness (QED) is 0.454. The highest BCUT2D eigenvalue weighted by Gasteiger charge is 2.28. The summed E-state index contributed by atoms with van der Waals surface area (Å²) in [6.45, 7) is 8.87.